The summed E-state index contributed by atoms with van der Waals surface area (Å²) in [5.74, 6) is 2.23. The highest BCUT2D eigenvalue weighted by molar-refractivity contribution is 5.88. The van der Waals surface area contributed by atoms with Crippen molar-refractivity contribution in [3.63, 3.8) is 0 Å². The fraction of sp³-hybridized carbons (Fsp3) is 0.261. The third kappa shape index (κ3) is 3.96. The normalized spacial score (nSPS) is 14.3. The first-order chi connectivity index (χ1) is 15.7. The molecule has 0 spiro atoms. The lowest BCUT2D eigenvalue weighted by atomic mass is 10.1. The molecule has 1 aliphatic rings. The standard InChI is InChI=1S/C23H24N8O/c1-30-20(17-8-10-24-11-9-17)26-19-21(30)27-23(28-22(19)31-12-3-2-4-13-31)29-25-15-16-6-5-7-18(32)14-16/h5-11,14-15,32H,2-4,12-13H2,1H3,(H,27,28,29)/b25-15+. The average Bonchev–Trinajstić information content (AvgIpc) is 3.16. The molecule has 162 valence electrons. The SMILES string of the molecule is Cn1c(-c2ccncc2)nc2c(N3CCCCC3)nc(N/N=C/c3cccc(O)c3)nc21. The van der Waals surface area contributed by atoms with Gasteiger partial charge in [0.15, 0.2) is 17.0 Å². The summed E-state index contributed by atoms with van der Waals surface area (Å²) < 4.78 is 1.98. The Kier molecular flexibility index (Phi) is 5.37. The Morgan fingerprint density at radius 2 is 1.84 bits per heavy atom. The third-order valence-corrected chi connectivity index (χ3v) is 5.54. The first-order valence-corrected chi connectivity index (χ1v) is 10.7. The summed E-state index contributed by atoms with van der Waals surface area (Å²) in [6.07, 6.45) is 8.64. The molecule has 4 heterocycles. The topological polar surface area (TPSA) is 104 Å². The molecule has 1 aromatic carbocycles. The highest BCUT2D eigenvalue weighted by atomic mass is 16.3. The number of phenols is 1. The second-order valence-corrected chi connectivity index (χ2v) is 7.79. The number of anilines is 2. The van der Waals surface area contributed by atoms with Gasteiger partial charge < -0.3 is 14.6 Å². The molecule has 2 N–H and O–H groups in total. The highest BCUT2D eigenvalue weighted by Gasteiger charge is 2.22. The summed E-state index contributed by atoms with van der Waals surface area (Å²) in [6, 6.07) is 10.8. The summed E-state index contributed by atoms with van der Waals surface area (Å²) in [5, 5.41) is 13.9. The van der Waals surface area contributed by atoms with Crippen molar-refractivity contribution in [2.24, 2.45) is 12.1 Å². The Labute approximate surface area is 185 Å². The second kappa shape index (κ2) is 8.62. The molecular weight excluding hydrogens is 404 g/mol. The maximum Gasteiger partial charge on any atom is 0.247 e. The number of hydrogen-bond donors (Lipinski definition) is 2. The van der Waals surface area contributed by atoms with E-state index in [-0.39, 0.29) is 5.75 Å². The first kappa shape index (κ1) is 19.9. The molecule has 5 rings (SSSR count). The van der Waals surface area contributed by atoms with Gasteiger partial charge in [-0.3, -0.25) is 4.98 Å². The van der Waals surface area contributed by atoms with Crippen LogP contribution in [0, 0.1) is 0 Å². The van der Waals surface area contributed by atoms with Crippen LogP contribution in [0.1, 0.15) is 24.8 Å². The summed E-state index contributed by atoms with van der Waals surface area (Å²) in [6.45, 7) is 1.89. The van der Waals surface area contributed by atoms with Crippen LogP contribution < -0.4 is 10.3 Å². The summed E-state index contributed by atoms with van der Waals surface area (Å²) in [7, 11) is 1.96. The van der Waals surface area contributed by atoms with E-state index in [1.807, 2.05) is 29.8 Å². The van der Waals surface area contributed by atoms with E-state index >= 15 is 0 Å². The van der Waals surface area contributed by atoms with Crippen molar-refractivity contribution in [3.05, 3.63) is 54.4 Å². The van der Waals surface area contributed by atoms with Crippen LogP contribution in [0.3, 0.4) is 0 Å². The van der Waals surface area contributed by atoms with Crippen molar-refractivity contribution in [3.8, 4) is 17.1 Å². The van der Waals surface area contributed by atoms with E-state index in [2.05, 4.69) is 20.4 Å². The van der Waals surface area contributed by atoms with Gasteiger partial charge in [0.25, 0.3) is 0 Å². The van der Waals surface area contributed by atoms with E-state index in [0.29, 0.717) is 5.95 Å². The van der Waals surface area contributed by atoms with E-state index in [4.69, 9.17) is 15.0 Å². The lowest BCUT2D eigenvalue weighted by molar-refractivity contribution is 0.475. The van der Waals surface area contributed by atoms with E-state index in [9.17, 15) is 5.11 Å². The zero-order chi connectivity index (χ0) is 21.9. The van der Waals surface area contributed by atoms with Crippen LogP contribution in [-0.4, -0.2) is 48.9 Å². The summed E-state index contributed by atoms with van der Waals surface area (Å²) >= 11 is 0. The molecule has 0 atom stereocenters. The van der Waals surface area contributed by atoms with E-state index in [1.54, 1.807) is 36.8 Å². The number of rotatable bonds is 5. The summed E-state index contributed by atoms with van der Waals surface area (Å²) in [4.78, 5) is 20.8. The molecule has 0 saturated carbocycles. The largest absolute Gasteiger partial charge is 0.508 e. The summed E-state index contributed by atoms with van der Waals surface area (Å²) in [5.41, 5.74) is 6.21. The number of nitrogens with zero attached hydrogens (tertiary/aromatic N) is 7. The smallest absolute Gasteiger partial charge is 0.247 e. The van der Waals surface area contributed by atoms with Crippen molar-refractivity contribution in [2.75, 3.05) is 23.4 Å². The molecule has 0 unspecified atom stereocenters. The number of benzene rings is 1. The number of aryl methyl sites for hydroxylation is 1. The molecule has 1 saturated heterocycles. The van der Waals surface area contributed by atoms with Gasteiger partial charge in [0, 0.05) is 38.1 Å². The number of nitrogens with one attached hydrogen (secondary N) is 1. The number of hydrazone groups is 1. The van der Waals surface area contributed by atoms with Crippen molar-refractivity contribution in [2.45, 2.75) is 19.3 Å². The van der Waals surface area contributed by atoms with Gasteiger partial charge in [-0.15, -0.1) is 0 Å². The Hall–Kier alpha value is -4.01. The number of phenolic OH excluding ortho intramolecular Hbond substituents is 1. The zero-order valence-electron chi connectivity index (χ0n) is 17.8. The van der Waals surface area contributed by atoms with E-state index < -0.39 is 0 Å². The van der Waals surface area contributed by atoms with Gasteiger partial charge >= 0.3 is 0 Å². The molecule has 0 bridgehead atoms. The van der Waals surface area contributed by atoms with Crippen molar-refractivity contribution in [1.82, 2.24) is 24.5 Å². The van der Waals surface area contributed by atoms with Crippen LogP contribution in [0.2, 0.25) is 0 Å². The minimum Gasteiger partial charge on any atom is -0.508 e. The second-order valence-electron chi connectivity index (χ2n) is 7.79. The van der Waals surface area contributed by atoms with Crippen LogP contribution in [0.15, 0.2) is 53.9 Å². The van der Waals surface area contributed by atoms with E-state index in [0.717, 1.165) is 59.9 Å². The van der Waals surface area contributed by atoms with Gasteiger partial charge in [-0.25, -0.2) is 10.4 Å². The minimum absolute atomic E-state index is 0.192. The Bertz CT molecular complexity index is 1260. The fourth-order valence-corrected chi connectivity index (χ4v) is 3.95. The van der Waals surface area contributed by atoms with Crippen LogP contribution in [0.25, 0.3) is 22.6 Å². The lowest BCUT2D eigenvalue weighted by Crippen LogP contribution is -2.30. The van der Waals surface area contributed by atoms with Gasteiger partial charge in [0.05, 0.1) is 6.21 Å². The third-order valence-electron chi connectivity index (χ3n) is 5.54. The number of imidazole rings is 1. The van der Waals surface area contributed by atoms with Gasteiger partial charge in [-0.2, -0.15) is 15.1 Å². The molecule has 0 amide bonds. The molecular formula is C23H24N8O. The Balaban J connectivity index is 1.55. The maximum atomic E-state index is 9.63. The van der Waals surface area contributed by atoms with Crippen LogP contribution >= 0.6 is 0 Å². The van der Waals surface area contributed by atoms with Gasteiger partial charge in [0.2, 0.25) is 5.95 Å². The van der Waals surface area contributed by atoms with Gasteiger partial charge in [0.1, 0.15) is 11.6 Å². The highest BCUT2D eigenvalue weighted by Crippen LogP contribution is 2.30. The number of pyridine rings is 1. The monoisotopic (exact) mass is 428 g/mol. The molecule has 1 fully saturated rings. The predicted octanol–water partition coefficient (Wildman–Crippen LogP) is 3.57. The predicted molar refractivity (Wildman–Crippen MR) is 125 cm³/mol. The van der Waals surface area contributed by atoms with Crippen molar-refractivity contribution >= 4 is 29.1 Å². The lowest BCUT2D eigenvalue weighted by Gasteiger charge is -2.27. The minimum atomic E-state index is 0.192. The molecule has 4 aromatic rings. The molecule has 0 aliphatic carbocycles. The number of hydrogen-bond acceptors (Lipinski definition) is 8. The quantitative estimate of drug-likeness (QED) is 0.370. The van der Waals surface area contributed by atoms with Crippen molar-refractivity contribution < 1.29 is 5.11 Å². The Morgan fingerprint density at radius 3 is 2.62 bits per heavy atom. The Morgan fingerprint density at radius 1 is 1.03 bits per heavy atom. The van der Waals surface area contributed by atoms with E-state index in [1.165, 1.54) is 6.42 Å². The molecule has 0 radical (unpaired) electrons. The number of aromatic hydroxyl groups is 1. The number of aromatic nitrogens is 5. The average molecular weight is 428 g/mol. The first-order valence-electron chi connectivity index (χ1n) is 10.7. The van der Waals surface area contributed by atoms with Crippen LogP contribution in [-0.2, 0) is 7.05 Å². The fourth-order valence-electron chi connectivity index (χ4n) is 3.95. The molecule has 9 nitrogen and oxygen atoms in total. The van der Waals surface area contributed by atoms with Gasteiger partial charge in [-0.05, 0) is 49.1 Å². The number of piperidine rings is 1. The van der Waals surface area contributed by atoms with Crippen LogP contribution in [0.4, 0.5) is 11.8 Å². The van der Waals surface area contributed by atoms with Crippen molar-refractivity contribution in [1.29, 1.82) is 0 Å². The van der Waals surface area contributed by atoms with Gasteiger partial charge in [-0.1, -0.05) is 12.1 Å². The molecule has 9 heteroatoms. The zero-order valence-corrected chi connectivity index (χ0v) is 17.8. The molecule has 32 heavy (non-hydrogen) atoms. The number of fused-ring (bicyclic) bond motifs is 1. The molecule has 1 aliphatic heterocycles. The maximum absolute atomic E-state index is 9.63. The van der Waals surface area contributed by atoms with Crippen LogP contribution in [0.5, 0.6) is 5.75 Å². The molecule has 3 aromatic heterocycles.